The molecule has 4 aromatic heterocycles. The summed E-state index contributed by atoms with van der Waals surface area (Å²) in [7, 11) is 0. The van der Waals surface area contributed by atoms with Crippen molar-refractivity contribution in [2.45, 2.75) is 0 Å². The summed E-state index contributed by atoms with van der Waals surface area (Å²) in [5.41, 5.74) is 9.66. The number of nitrogens with zero attached hydrogens (tertiary/aromatic N) is 5. The van der Waals surface area contributed by atoms with Crippen LogP contribution in [-0.4, -0.2) is 24.5 Å². The predicted molar refractivity (Wildman–Crippen MR) is 201 cm³/mol. The van der Waals surface area contributed by atoms with E-state index in [9.17, 15) is 0 Å². The van der Waals surface area contributed by atoms with Gasteiger partial charge in [-0.25, -0.2) is 15.0 Å². The third-order valence-electron chi connectivity index (χ3n) is 9.38. The van der Waals surface area contributed by atoms with Crippen LogP contribution in [-0.2, 0) is 0 Å². The van der Waals surface area contributed by atoms with Crippen molar-refractivity contribution < 1.29 is 4.42 Å². The molecule has 0 aliphatic carbocycles. The molecule has 10 rings (SSSR count). The monoisotopic (exact) mass is 641 g/mol. The van der Waals surface area contributed by atoms with E-state index in [4.69, 9.17) is 19.4 Å². The molecule has 0 aliphatic heterocycles. The van der Waals surface area contributed by atoms with Crippen LogP contribution in [0.15, 0.2) is 168 Å². The summed E-state index contributed by atoms with van der Waals surface area (Å²) < 4.78 is 8.50. The van der Waals surface area contributed by atoms with Crippen molar-refractivity contribution in [3.8, 4) is 51.0 Å². The van der Waals surface area contributed by atoms with Gasteiger partial charge in [0, 0.05) is 50.1 Å². The van der Waals surface area contributed by atoms with E-state index in [-0.39, 0.29) is 0 Å². The fraction of sp³-hybridized carbons (Fsp3) is 0. The molecule has 10 aromatic rings. The van der Waals surface area contributed by atoms with Gasteiger partial charge in [0.05, 0.1) is 17.2 Å². The Morgan fingerprint density at radius 2 is 0.980 bits per heavy atom. The Morgan fingerprint density at radius 1 is 0.400 bits per heavy atom. The van der Waals surface area contributed by atoms with E-state index >= 15 is 0 Å². The first-order chi connectivity index (χ1) is 24.8. The molecule has 0 fully saturated rings. The first-order valence-corrected chi connectivity index (χ1v) is 16.6. The van der Waals surface area contributed by atoms with Gasteiger partial charge in [0.2, 0.25) is 0 Å². The molecule has 6 nitrogen and oxygen atoms in total. The van der Waals surface area contributed by atoms with Crippen molar-refractivity contribution in [1.29, 1.82) is 0 Å². The molecule has 50 heavy (non-hydrogen) atoms. The van der Waals surface area contributed by atoms with Gasteiger partial charge in [-0.1, -0.05) is 121 Å². The van der Waals surface area contributed by atoms with E-state index in [1.807, 2.05) is 60.8 Å². The molecule has 0 unspecified atom stereocenters. The molecule has 0 saturated carbocycles. The van der Waals surface area contributed by atoms with Crippen LogP contribution in [0.25, 0.3) is 94.7 Å². The van der Waals surface area contributed by atoms with Gasteiger partial charge in [-0.05, 0) is 41.5 Å². The second-order valence-electron chi connectivity index (χ2n) is 12.3. The van der Waals surface area contributed by atoms with Crippen LogP contribution >= 0.6 is 0 Å². The average Bonchev–Trinajstić information content (AvgIpc) is 3.74. The molecule has 0 atom stereocenters. The van der Waals surface area contributed by atoms with Crippen LogP contribution in [0.2, 0.25) is 0 Å². The molecule has 0 amide bonds. The SMILES string of the molecule is c1ccc(-c2nc(-c3ccccc3-c3ccc(-n4c5ccccc5c5ccccc54)cc3)nc(-c3cncc4oc5ccccc5c34)n2)cc1. The highest BCUT2D eigenvalue weighted by Gasteiger charge is 2.20. The maximum absolute atomic E-state index is 6.17. The van der Waals surface area contributed by atoms with Gasteiger partial charge in [-0.3, -0.25) is 4.98 Å². The van der Waals surface area contributed by atoms with E-state index < -0.39 is 0 Å². The van der Waals surface area contributed by atoms with Crippen LogP contribution in [0.1, 0.15) is 0 Å². The highest BCUT2D eigenvalue weighted by atomic mass is 16.3. The Morgan fingerprint density at radius 3 is 1.72 bits per heavy atom. The lowest BCUT2D eigenvalue weighted by Gasteiger charge is -2.13. The number of para-hydroxylation sites is 3. The number of rotatable bonds is 5. The van der Waals surface area contributed by atoms with Gasteiger partial charge in [0.15, 0.2) is 23.1 Å². The maximum atomic E-state index is 6.17. The minimum Gasteiger partial charge on any atom is -0.454 e. The molecule has 0 N–H and O–H groups in total. The summed E-state index contributed by atoms with van der Waals surface area (Å²) in [4.78, 5) is 19.8. The Balaban J connectivity index is 1.14. The zero-order chi connectivity index (χ0) is 33.0. The molecule has 0 aliphatic rings. The van der Waals surface area contributed by atoms with Crippen LogP contribution < -0.4 is 0 Å². The molecular weight excluding hydrogens is 615 g/mol. The van der Waals surface area contributed by atoms with Crippen LogP contribution in [0, 0.1) is 0 Å². The van der Waals surface area contributed by atoms with Gasteiger partial charge >= 0.3 is 0 Å². The first-order valence-electron chi connectivity index (χ1n) is 16.6. The van der Waals surface area contributed by atoms with Gasteiger partial charge in [-0.15, -0.1) is 0 Å². The van der Waals surface area contributed by atoms with Crippen LogP contribution in [0.3, 0.4) is 0 Å². The molecule has 0 radical (unpaired) electrons. The Bertz CT molecular complexity index is 2820. The second kappa shape index (κ2) is 11.4. The summed E-state index contributed by atoms with van der Waals surface area (Å²) in [6.07, 6.45) is 3.56. The van der Waals surface area contributed by atoms with Crippen molar-refractivity contribution in [2.75, 3.05) is 0 Å². The lowest BCUT2D eigenvalue weighted by atomic mass is 9.98. The minimum absolute atomic E-state index is 0.537. The second-order valence-corrected chi connectivity index (χ2v) is 12.3. The van der Waals surface area contributed by atoms with E-state index in [1.165, 1.54) is 21.8 Å². The van der Waals surface area contributed by atoms with Gasteiger partial charge < -0.3 is 8.98 Å². The quantitative estimate of drug-likeness (QED) is 0.187. The summed E-state index contributed by atoms with van der Waals surface area (Å²) >= 11 is 0. The highest BCUT2D eigenvalue weighted by Crippen LogP contribution is 2.38. The van der Waals surface area contributed by atoms with Gasteiger partial charge in [-0.2, -0.15) is 0 Å². The first kappa shape index (κ1) is 28.1. The normalized spacial score (nSPS) is 11.6. The lowest BCUT2D eigenvalue weighted by molar-refractivity contribution is 0.667. The minimum atomic E-state index is 0.537. The molecule has 0 saturated heterocycles. The predicted octanol–water partition coefficient (Wildman–Crippen LogP) is 10.9. The van der Waals surface area contributed by atoms with Crippen LogP contribution in [0.4, 0.5) is 0 Å². The van der Waals surface area contributed by atoms with Crippen molar-refractivity contribution in [3.63, 3.8) is 0 Å². The zero-order valence-electron chi connectivity index (χ0n) is 26.7. The van der Waals surface area contributed by atoms with E-state index in [0.29, 0.717) is 23.1 Å². The topological polar surface area (TPSA) is 69.6 Å². The van der Waals surface area contributed by atoms with E-state index in [0.717, 1.165) is 49.9 Å². The van der Waals surface area contributed by atoms with Crippen molar-refractivity contribution in [2.24, 2.45) is 0 Å². The summed E-state index contributed by atoms with van der Waals surface area (Å²) in [6, 6.07) is 52.2. The van der Waals surface area contributed by atoms with Crippen molar-refractivity contribution in [3.05, 3.63) is 164 Å². The number of benzene rings is 6. The van der Waals surface area contributed by atoms with Crippen LogP contribution in [0.5, 0.6) is 0 Å². The zero-order valence-corrected chi connectivity index (χ0v) is 26.7. The summed E-state index contributed by atoms with van der Waals surface area (Å²) in [6.45, 7) is 0. The molecule has 4 heterocycles. The fourth-order valence-electron chi connectivity index (χ4n) is 7.10. The summed E-state index contributed by atoms with van der Waals surface area (Å²) in [5.74, 6) is 1.71. The number of fused-ring (bicyclic) bond motifs is 6. The molecule has 0 bridgehead atoms. The maximum Gasteiger partial charge on any atom is 0.166 e. The third kappa shape index (κ3) is 4.50. The van der Waals surface area contributed by atoms with E-state index in [1.54, 1.807) is 6.20 Å². The highest BCUT2D eigenvalue weighted by molar-refractivity contribution is 6.11. The van der Waals surface area contributed by atoms with Gasteiger partial charge in [0.1, 0.15) is 5.58 Å². The molecule has 234 valence electrons. The molecular formula is C44H27N5O. The average molecular weight is 642 g/mol. The van der Waals surface area contributed by atoms with E-state index in [2.05, 4.69) is 107 Å². The number of furan rings is 1. The van der Waals surface area contributed by atoms with Gasteiger partial charge in [0.25, 0.3) is 0 Å². The van der Waals surface area contributed by atoms with Crippen molar-refractivity contribution in [1.82, 2.24) is 24.5 Å². The molecule has 6 aromatic carbocycles. The Labute approximate surface area is 287 Å². The van der Waals surface area contributed by atoms with Crippen molar-refractivity contribution >= 4 is 43.7 Å². The third-order valence-corrected chi connectivity index (χ3v) is 9.38. The number of hydrogen-bond acceptors (Lipinski definition) is 5. The fourth-order valence-corrected chi connectivity index (χ4v) is 7.10. The summed E-state index contributed by atoms with van der Waals surface area (Å²) in [5, 5.41) is 4.41. The molecule has 0 spiro atoms. The number of hydrogen-bond donors (Lipinski definition) is 0. The smallest absolute Gasteiger partial charge is 0.166 e. The molecule has 6 heteroatoms. The lowest BCUT2D eigenvalue weighted by Crippen LogP contribution is -2.01. The Hall–Kier alpha value is -6.92. The standard InChI is InChI=1S/C44H27N5O/c1-2-12-29(13-3-1)42-46-43(48-44(47-42)36-26-45-27-40-41(36)35-18-8-11-21-39(35)50-40)34-17-5-4-14-31(34)28-22-24-30(25-23-28)49-37-19-9-6-15-32(37)33-16-7-10-20-38(33)49/h1-27H. The number of aromatic nitrogens is 5. The Kier molecular flexibility index (Phi) is 6.39. The largest absolute Gasteiger partial charge is 0.454 e. The number of pyridine rings is 1.